The smallest absolute Gasteiger partial charge is 0.188 e. The van der Waals surface area contributed by atoms with Crippen LogP contribution in [0.25, 0.3) is 0 Å². The minimum Gasteiger partial charge on any atom is -0.467 e. The average Bonchev–Trinajstić information content (AvgIpc) is 2.58. The third-order valence-corrected chi connectivity index (χ3v) is 2.37. The van der Waals surface area contributed by atoms with E-state index in [2.05, 4.69) is 0 Å². The summed E-state index contributed by atoms with van der Waals surface area (Å²) >= 11 is 0. The van der Waals surface area contributed by atoms with Crippen LogP contribution >= 0.6 is 0 Å². The normalized spacial score (nSPS) is 14.2. The zero-order valence-electron chi connectivity index (χ0n) is 8.08. The molecule has 1 aromatic carbocycles. The predicted octanol–water partition coefficient (Wildman–Crippen LogP) is 1.80. The average molecular weight is 192 g/mol. The minimum atomic E-state index is 0.211. The first-order valence-corrected chi connectivity index (χ1v) is 4.59. The second kappa shape index (κ2) is 3.80. The molecule has 0 atom stereocenters. The molecule has 2 rings (SSSR count). The van der Waals surface area contributed by atoms with Gasteiger partial charge in [-0.2, -0.15) is 0 Å². The van der Waals surface area contributed by atoms with E-state index in [0.717, 1.165) is 23.3 Å². The lowest BCUT2D eigenvalue weighted by Gasteiger charge is -2.08. The van der Waals surface area contributed by atoms with Crippen LogP contribution in [-0.2, 0) is 11.2 Å². The molecule has 0 aromatic heterocycles. The first-order chi connectivity index (χ1) is 6.83. The van der Waals surface area contributed by atoms with Gasteiger partial charge < -0.3 is 9.47 Å². The Hall–Kier alpha value is -1.35. The molecular formula is C11H12O3. The summed E-state index contributed by atoms with van der Waals surface area (Å²) in [5.41, 5.74) is 1.83. The number of methoxy groups -OCH3 is 1. The summed E-state index contributed by atoms with van der Waals surface area (Å²) in [6.07, 6.45) is 1.39. The number of fused-ring (bicyclic) bond motifs is 1. The van der Waals surface area contributed by atoms with E-state index in [1.54, 1.807) is 7.11 Å². The van der Waals surface area contributed by atoms with Crippen LogP contribution in [0.4, 0.5) is 0 Å². The van der Waals surface area contributed by atoms with Crippen LogP contribution in [0.3, 0.4) is 0 Å². The van der Waals surface area contributed by atoms with Crippen molar-refractivity contribution in [2.45, 2.75) is 12.8 Å². The molecule has 0 amide bonds. The Balaban J connectivity index is 2.29. The minimum absolute atomic E-state index is 0.211. The number of hydrogen-bond acceptors (Lipinski definition) is 3. The molecule has 1 aromatic rings. The molecule has 0 spiro atoms. The molecule has 0 saturated carbocycles. The van der Waals surface area contributed by atoms with Crippen LogP contribution in [-0.4, -0.2) is 19.7 Å². The second-order valence-electron chi connectivity index (χ2n) is 3.26. The Morgan fingerprint density at radius 1 is 1.36 bits per heavy atom. The number of hydrogen-bond donors (Lipinski definition) is 0. The second-order valence-corrected chi connectivity index (χ2v) is 3.26. The molecule has 3 heteroatoms. The van der Waals surface area contributed by atoms with E-state index >= 15 is 0 Å². The number of Topliss-reactive ketones (excluding diaryl/α,β-unsaturated/α-hetero) is 1. The molecule has 0 saturated heterocycles. The number of ether oxygens (including phenoxy) is 2. The van der Waals surface area contributed by atoms with Gasteiger partial charge in [-0.05, 0) is 12.5 Å². The molecule has 0 unspecified atom stereocenters. The van der Waals surface area contributed by atoms with Gasteiger partial charge in [-0.3, -0.25) is 4.79 Å². The van der Waals surface area contributed by atoms with Gasteiger partial charge in [0.15, 0.2) is 12.6 Å². The molecule has 0 bridgehead atoms. The molecule has 1 aliphatic carbocycles. The molecule has 0 fully saturated rings. The SMILES string of the molecule is COCOc1cccc2c1CCC2=O. The zero-order valence-corrected chi connectivity index (χ0v) is 8.08. The summed E-state index contributed by atoms with van der Waals surface area (Å²) in [5.74, 6) is 0.984. The highest BCUT2D eigenvalue weighted by atomic mass is 16.7. The van der Waals surface area contributed by atoms with Gasteiger partial charge in [0.2, 0.25) is 0 Å². The van der Waals surface area contributed by atoms with Crippen molar-refractivity contribution in [1.82, 2.24) is 0 Å². The molecule has 1 aliphatic rings. The highest BCUT2D eigenvalue weighted by Gasteiger charge is 2.22. The fourth-order valence-corrected chi connectivity index (χ4v) is 1.72. The predicted molar refractivity (Wildman–Crippen MR) is 51.6 cm³/mol. The van der Waals surface area contributed by atoms with Crippen molar-refractivity contribution in [2.24, 2.45) is 0 Å². The molecule has 0 N–H and O–H groups in total. The van der Waals surface area contributed by atoms with Gasteiger partial charge in [0, 0.05) is 24.7 Å². The largest absolute Gasteiger partial charge is 0.467 e. The number of benzene rings is 1. The maximum absolute atomic E-state index is 11.4. The maximum Gasteiger partial charge on any atom is 0.188 e. The first-order valence-electron chi connectivity index (χ1n) is 4.59. The van der Waals surface area contributed by atoms with Crippen molar-refractivity contribution in [1.29, 1.82) is 0 Å². The van der Waals surface area contributed by atoms with E-state index in [0.29, 0.717) is 6.42 Å². The third kappa shape index (κ3) is 1.51. The summed E-state index contributed by atoms with van der Waals surface area (Å²) in [6.45, 7) is 0.227. The van der Waals surface area contributed by atoms with Crippen molar-refractivity contribution in [2.75, 3.05) is 13.9 Å². The number of carbonyl (C=O) groups is 1. The highest BCUT2D eigenvalue weighted by Crippen LogP contribution is 2.30. The lowest BCUT2D eigenvalue weighted by Crippen LogP contribution is -2.01. The fraction of sp³-hybridized carbons (Fsp3) is 0.364. The Bertz CT molecular complexity index is 358. The van der Waals surface area contributed by atoms with Gasteiger partial charge in [0.05, 0.1) is 0 Å². The Morgan fingerprint density at radius 2 is 2.21 bits per heavy atom. The molecule has 0 heterocycles. The summed E-state index contributed by atoms with van der Waals surface area (Å²) in [7, 11) is 1.58. The maximum atomic E-state index is 11.4. The molecular weight excluding hydrogens is 180 g/mol. The van der Waals surface area contributed by atoms with E-state index < -0.39 is 0 Å². The van der Waals surface area contributed by atoms with E-state index in [4.69, 9.17) is 9.47 Å². The molecule has 0 radical (unpaired) electrons. The van der Waals surface area contributed by atoms with Gasteiger partial charge in [0.25, 0.3) is 0 Å². The van der Waals surface area contributed by atoms with Crippen molar-refractivity contribution in [3.8, 4) is 5.75 Å². The van der Waals surface area contributed by atoms with Crippen LogP contribution in [0, 0.1) is 0 Å². The Kier molecular flexibility index (Phi) is 2.50. The number of rotatable bonds is 3. The first kappa shape index (κ1) is 9.21. The van der Waals surface area contributed by atoms with Gasteiger partial charge in [0.1, 0.15) is 5.75 Å². The van der Waals surface area contributed by atoms with E-state index in [9.17, 15) is 4.79 Å². The van der Waals surface area contributed by atoms with Crippen molar-refractivity contribution < 1.29 is 14.3 Å². The summed E-state index contributed by atoms with van der Waals surface area (Å²) < 4.78 is 10.2. The van der Waals surface area contributed by atoms with Crippen LogP contribution in [0.2, 0.25) is 0 Å². The lowest BCUT2D eigenvalue weighted by atomic mass is 10.1. The summed E-state index contributed by atoms with van der Waals surface area (Å²) in [4.78, 5) is 11.4. The Morgan fingerprint density at radius 3 is 3.00 bits per heavy atom. The summed E-state index contributed by atoms with van der Waals surface area (Å²) in [6, 6.07) is 5.56. The van der Waals surface area contributed by atoms with Gasteiger partial charge in [-0.1, -0.05) is 12.1 Å². The van der Waals surface area contributed by atoms with Crippen LogP contribution in [0.15, 0.2) is 18.2 Å². The molecule has 3 nitrogen and oxygen atoms in total. The van der Waals surface area contributed by atoms with E-state index in [1.165, 1.54) is 0 Å². The van der Waals surface area contributed by atoms with Crippen LogP contribution < -0.4 is 4.74 Å². The van der Waals surface area contributed by atoms with Crippen LogP contribution in [0.1, 0.15) is 22.3 Å². The zero-order chi connectivity index (χ0) is 9.97. The number of ketones is 1. The number of carbonyl (C=O) groups excluding carboxylic acids is 1. The Labute approximate surface area is 82.6 Å². The van der Waals surface area contributed by atoms with Gasteiger partial charge >= 0.3 is 0 Å². The lowest BCUT2D eigenvalue weighted by molar-refractivity contribution is 0.0505. The van der Waals surface area contributed by atoms with E-state index in [-0.39, 0.29) is 12.6 Å². The highest BCUT2D eigenvalue weighted by molar-refractivity contribution is 6.01. The van der Waals surface area contributed by atoms with Gasteiger partial charge in [-0.25, -0.2) is 0 Å². The monoisotopic (exact) mass is 192 g/mol. The topological polar surface area (TPSA) is 35.5 Å². The molecule has 14 heavy (non-hydrogen) atoms. The quantitative estimate of drug-likeness (QED) is 0.685. The van der Waals surface area contributed by atoms with E-state index in [1.807, 2.05) is 18.2 Å². The third-order valence-electron chi connectivity index (χ3n) is 2.37. The van der Waals surface area contributed by atoms with Crippen molar-refractivity contribution in [3.63, 3.8) is 0 Å². The molecule has 0 aliphatic heterocycles. The summed E-state index contributed by atoms with van der Waals surface area (Å²) in [5, 5.41) is 0. The van der Waals surface area contributed by atoms with Crippen molar-refractivity contribution >= 4 is 5.78 Å². The fourth-order valence-electron chi connectivity index (χ4n) is 1.72. The van der Waals surface area contributed by atoms with Crippen molar-refractivity contribution in [3.05, 3.63) is 29.3 Å². The standard InChI is InChI=1S/C11H12O3/c1-13-7-14-11-4-2-3-8-9(11)5-6-10(8)12/h2-4H,5-7H2,1H3. The van der Waals surface area contributed by atoms with Gasteiger partial charge in [-0.15, -0.1) is 0 Å². The molecule has 74 valence electrons. The van der Waals surface area contributed by atoms with Crippen LogP contribution in [0.5, 0.6) is 5.75 Å².